The van der Waals surface area contributed by atoms with Crippen LogP contribution in [-0.4, -0.2) is 40.8 Å². The van der Waals surface area contributed by atoms with Gasteiger partial charge in [0, 0.05) is 23.3 Å². The van der Waals surface area contributed by atoms with Crippen molar-refractivity contribution >= 4 is 68.9 Å². The van der Waals surface area contributed by atoms with E-state index in [2.05, 4.69) is 26.1 Å². The number of nitrogens with zero attached hydrogens (tertiary/aromatic N) is 2. The monoisotopic (exact) mass is 491 g/mol. The average molecular weight is 492 g/mol. The highest BCUT2D eigenvalue weighted by Crippen LogP contribution is 2.28. The molecule has 0 atom stereocenters. The number of hydrogen-bond donors (Lipinski definition) is 3. The summed E-state index contributed by atoms with van der Waals surface area (Å²) < 4.78 is 5.70. The van der Waals surface area contributed by atoms with Gasteiger partial charge < -0.3 is 15.4 Å². The van der Waals surface area contributed by atoms with Crippen molar-refractivity contribution in [3.05, 3.63) is 53.1 Å². The summed E-state index contributed by atoms with van der Waals surface area (Å²) in [4.78, 5) is 35.9. The average Bonchev–Trinajstić information content (AvgIpc) is 3.19. The summed E-state index contributed by atoms with van der Waals surface area (Å²) in [5.41, 5.74) is 1.41. The Hall–Kier alpha value is -3.15. The van der Waals surface area contributed by atoms with Gasteiger partial charge in [-0.1, -0.05) is 40.8 Å². The van der Waals surface area contributed by atoms with Crippen molar-refractivity contribution in [2.75, 3.05) is 28.8 Å². The van der Waals surface area contributed by atoms with Gasteiger partial charge >= 0.3 is 0 Å². The fraction of sp³-hybridized carbons (Fsp3) is 0.150. The lowest BCUT2D eigenvalue weighted by Gasteiger charge is -2.07. The van der Waals surface area contributed by atoms with Crippen molar-refractivity contribution in [3.8, 4) is 5.75 Å². The van der Waals surface area contributed by atoms with E-state index in [0.717, 1.165) is 11.3 Å². The van der Waals surface area contributed by atoms with Crippen molar-refractivity contribution in [2.45, 2.75) is 11.3 Å². The molecule has 0 fully saturated rings. The van der Waals surface area contributed by atoms with E-state index < -0.39 is 5.91 Å². The molecule has 166 valence electrons. The maximum absolute atomic E-state index is 12.5. The van der Waals surface area contributed by atoms with Crippen LogP contribution in [0.15, 0.2) is 46.8 Å². The van der Waals surface area contributed by atoms with Crippen molar-refractivity contribution in [2.24, 2.45) is 0 Å². The summed E-state index contributed by atoms with van der Waals surface area (Å²) in [7, 11) is 1.46. The summed E-state index contributed by atoms with van der Waals surface area (Å²) >= 11 is 8.29. The van der Waals surface area contributed by atoms with Gasteiger partial charge in [0.15, 0.2) is 4.34 Å². The molecule has 0 aliphatic carbocycles. The number of methoxy groups -OCH3 is 1. The maximum Gasteiger partial charge on any atom is 0.261 e. The van der Waals surface area contributed by atoms with Gasteiger partial charge in [-0.05, 0) is 36.4 Å². The zero-order valence-corrected chi connectivity index (χ0v) is 19.4. The molecule has 0 radical (unpaired) electrons. The lowest BCUT2D eigenvalue weighted by atomic mass is 10.2. The molecule has 0 bridgehead atoms. The van der Waals surface area contributed by atoms with E-state index in [1.54, 1.807) is 36.4 Å². The number of anilines is 3. The summed E-state index contributed by atoms with van der Waals surface area (Å²) in [6.07, 6.45) is 0. The third-order valence-corrected chi connectivity index (χ3v) is 6.03. The third kappa shape index (κ3) is 6.67. The van der Waals surface area contributed by atoms with Crippen LogP contribution >= 0.6 is 34.7 Å². The van der Waals surface area contributed by atoms with Gasteiger partial charge in [-0.15, -0.1) is 10.2 Å². The summed E-state index contributed by atoms with van der Waals surface area (Å²) in [6, 6.07) is 11.5. The van der Waals surface area contributed by atoms with Crippen LogP contribution in [-0.2, 0) is 9.59 Å². The number of hydrogen-bond acceptors (Lipinski definition) is 8. The molecule has 3 rings (SSSR count). The first-order valence-corrected chi connectivity index (χ1v) is 11.3. The zero-order valence-electron chi connectivity index (χ0n) is 17.0. The van der Waals surface area contributed by atoms with Gasteiger partial charge in [0.05, 0.1) is 18.4 Å². The molecule has 0 saturated carbocycles. The smallest absolute Gasteiger partial charge is 0.261 e. The Morgan fingerprint density at radius 1 is 1.06 bits per heavy atom. The van der Waals surface area contributed by atoms with Crippen molar-refractivity contribution in [1.29, 1.82) is 0 Å². The standard InChI is InChI=1S/C20H18ClN5O4S2/c1-11(27)22-13-4-3-5-14(9-13)23-17(28)10-31-20-26-25-19(32-20)24-18(29)15-8-12(21)6-7-16(15)30-2/h3-9H,10H2,1-2H3,(H,22,27)(H,23,28)(H,24,25,29). The molecule has 3 amide bonds. The molecule has 0 aliphatic heterocycles. The zero-order chi connectivity index (χ0) is 23.1. The first-order chi connectivity index (χ1) is 15.3. The number of benzene rings is 2. The SMILES string of the molecule is COc1ccc(Cl)cc1C(=O)Nc1nnc(SCC(=O)Nc2cccc(NC(C)=O)c2)s1. The Kier molecular flexibility index (Phi) is 8.03. The first kappa shape index (κ1) is 23.5. The molecule has 3 aromatic rings. The highest BCUT2D eigenvalue weighted by Gasteiger charge is 2.16. The number of carbonyl (C=O) groups excluding carboxylic acids is 3. The number of nitrogens with one attached hydrogen (secondary N) is 3. The van der Waals surface area contributed by atoms with Crippen LogP contribution < -0.4 is 20.7 Å². The quantitative estimate of drug-likeness (QED) is 0.319. The second-order valence-electron chi connectivity index (χ2n) is 6.27. The number of thioether (sulfide) groups is 1. The molecule has 0 aliphatic rings. The maximum atomic E-state index is 12.5. The molecule has 1 aromatic heterocycles. The van der Waals surface area contributed by atoms with Crippen LogP contribution in [0.1, 0.15) is 17.3 Å². The molecule has 0 spiro atoms. The van der Waals surface area contributed by atoms with Gasteiger partial charge in [-0.3, -0.25) is 19.7 Å². The van der Waals surface area contributed by atoms with Gasteiger partial charge in [0.2, 0.25) is 16.9 Å². The molecule has 9 nitrogen and oxygen atoms in total. The topological polar surface area (TPSA) is 122 Å². The van der Waals surface area contributed by atoms with E-state index in [1.807, 2.05) is 0 Å². The molecule has 0 unspecified atom stereocenters. The van der Waals surface area contributed by atoms with Gasteiger partial charge in [-0.25, -0.2) is 0 Å². The Balaban J connectivity index is 1.54. The second kappa shape index (κ2) is 10.9. The predicted octanol–water partition coefficient (Wildman–Crippen LogP) is 4.14. The molecule has 12 heteroatoms. The molecule has 1 heterocycles. The van der Waals surface area contributed by atoms with Crippen molar-refractivity contribution in [1.82, 2.24) is 10.2 Å². The number of carbonyl (C=O) groups is 3. The van der Waals surface area contributed by atoms with E-state index in [0.29, 0.717) is 26.5 Å². The fourth-order valence-corrected chi connectivity index (χ4v) is 4.26. The van der Waals surface area contributed by atoms with Crippen molar-refractivity contribution in [3.63, 3.8) is 0 Å². The largest absolute Gasteiger partial charge is 0.496 e. The lowest BCUT2D eigenvalue weighted by molar-refractivity contribution is -0.114. The number of ether oxygens (including phenoxy) is 1. The number of amides is 3. The number of aromatic nitrogens is 2. The van der Waals surface area contributed by atoms with E-state index in [-0.39, 0.29) is 28.3 Å². The van der Waals surface area contributed by atoms with Crippen LogP contribution in [0, 0.1) is 0 Å². The molecule has 3 N–H and O–H groups in total. The summed E-state index contributed by atoms with van der Waals surface area (Å²) in [6.45, 7) is 1.41. The molecule has 2 aromatic carbocycles. The van der Waals surface area contributed by atoms with Crippen LogP contribution in [0.25, 0.3) is 0 Å². The summed E-state index contributed by atoms with van der Waals surface area (Å²) in [5.74, 6) is -0.412. The third-order valence-electron chi connectivity index (χ3n) is 3.83. The second-order valence-corrected chi connectivity index (χ2v) is 8.91. The molecular weight excluding hydrogens is 474 g/mol. The molecule has 32 heavy (non-hydrogen) atoms. The van der Waals surface area contributed by atoms with E-state index in [4.69, 9.17) is 16.3 Å². The highest BCUT2D eigenvalue weighted by atomic mass is 35.5. The van der Waals surface area contributed by atoms with Crippen LogP contribution in [0.5, 0.6) is 5.75 Å². The normalized spacial score (nSPS) is 10.3. The Bertz CT molecular complexity index is 1150. The number of rotatable bonds is 8. The highest BCUT2D eigenvalue weighted by molar-refractivity contribution is 8.01. The van der Waals surface area contributed by atoms with Gasteiger partial charge in [0.25, 0.3) is 5.91 Å². The predicted molar refractivity (Wildman–Crippen MR) is 126 cm³/mol. The Morgan fingerprint density at radius 2 is 1.81 bits per heavy atom. The number of halogens is 1. The minimum Gasteiger partial charge on any atom is -0.496 e. The van der Waals surface area contributed by atoms with Crippen molar-refractivity contribution < 1.29 is 19.1 Å². The van der Waals surface area contributed by atoms with Crippen LogP contribution in [0.2, 0.25) is 5.02 Å². The summed E-state index contributed by atoms with van der Waals surface area (Å²) in [5, 5.41) is 16.7. The Morgan fingerprint density at radius 3 is 2.53 bits per heavy atom. The van der Waals surface area contributed by atoms with Crippen LogP contribution in [0.4, 0.5) is 16.5 Å². The Labute approximate surface area is 196 Å². The van der Waals surface area contributed by atoms with E-state index in [9.17, 15) is 14.4 Å². The molecule has 0 saturated heterocycles. The first-order valence-electron chi connectivity index (χ1n) is 9.12. The van der Waals surface area contributed by atoms with E-state index >= 15 is 0 Å². The lowest BCUT2D eigenvalue weighted by Crippen LogP contribution is -2.14. The fourth-order valence-electron chi connectivity index (χ4n) is 2.54. The molecular formula is C20H18ClN5O4S2. The van der Waals surface area contributed by atoms with E-state index in [1.165, 1.54) is 31.9 Å². The minimum absolute atomic E-state index is 0.0923. The minimum atomic E-state index is -0.436. The van der Waals surface area contributed by atoms with Gasteiger partial charge in [0.1, 0.15) is 5.75 Å². The van der Waals surface area contributed by atoms with Crippen LogP contribution in [0.3, 0.4) is 0 Å². The van der Waals surface area contributed by atoms with Gasteiger partial charge in [-0.2, -0.15) is 0 Å².